The highest BCUT2D eigenvalue weighted by Gasteiger charge is 2.16. The van der Waals surface area contributed by atoms with Crippen LogP contribution >= 0.6 is 0 Å². The molecule has 0 unspecified atom stereocenters. The molecule has 0 aliphatic carbocycles. The highest BCUT2D eigenvalue weighted by molar-refractivity contribution is 5.64. The monoisotopic (exact) mass is 275 g/mol. The molecular weight excluding hydrogens is 254 g/mol. The molecule has 0 aliphatic heterocycles. The smallest absolute Gasteiger partial charge is 0.245 e. The van der Waals surface area contributed by atoms with Crippen LogP contribution < -0.4 is 15.5 Å². The third-order valence-electron chi connectivity index (χ3n) is 2.20. The summed E-state index contributed by atoms with van der Waals surface area (Å²) in [5.41, 5.74) is 0. The maximum atomic E-state index is 9.17. The molecule has 0 saturated carbocycles. The Labute approximate surface area is 119 Å². The first-order valence-electron chi connectivity index (χ1n) is 6.53. The SMILES string of the molecule is C=CCN(C#N)c1nnc(NC(C)C)nc1NC(C)C. The van der Waals surface area contributed by atoms with Gasteiger partial charge in [0.2, 0.25) is 11.8 Å². The second-order valence-corrected chi connectivity index (χ2v) is 4.90. The van der Waals surface area contributed by atoms with Gasteiger partial charge in [-0.05, 0) is 27.7 Å². The molecule has 0 bridgehead atoms. The van der Waals surface area contributed by atoms with Crippen molar-refractivity contribution in [3.8, 4) is 6.19 Å². The van der Waals surface area contributed by atoms with Gasteiger partial charge in [-0.2, -0.15) is 10.2 Å². The largest absolute Gasteiger partial charge is 0.365 e. The van der Waals surface area contributed by atoms with Gasteiger partial charge in [-0.25, -0.2) is 0 Å². The van der Waals surface area contributed by atoms with Gasteiger partial charge in [0.1, 0.15) is 0 Å². The van der Waals surface area contributed by atoms with Crippen LogP contribution in [0, 0.1) is 11.5 Å². The molecule has 1 heterocycles. The first kappa shape index (κ1) is 15.7. The lowest BCUT2D eigenvalue weighted by Crippen LogP contribution is -2.24. The minimum Gasteiger partial charge on any atom is -0.365 e. The zero-order chi connectivity index (χ0) is 15.1. The second-order valence-electron chi connectivity index (χ2n) is 4.90. The number of anilines is 3. The topological polar surface area (TPSA) is 89.8 Å². The molecule has 1 rings (SSSR count). The molecule has 1 aromatic rings. The number of aromatic nitrogens is 3. The van der Waals surface area contributed by atoms with Gasteiger partial charge >= 0.3 is 0 Å². The maximum absolute atomic E-state index is 9.17. The fourth-order valence-corrected chi connectivity index (χ4v) is 1.50. The summed E-state index contributed by atoms with van der Waals surface area (Å²) >= 11 is 0. The van der Waals surface area contributed by atoms with Gasteiger partial charge in [-0.1, -0.05) is 6.08 Å². The summed E-state index contributed by atoms with van der Waals surface area (Å²) in [6.45, 7) is 12.0. The van der Waals surface area contributed by atoms with Gasteiger partial charge in [0.05, 0.1) is 6.54 Å². The number of nitrogens with one attached hydrogen (secondary N) is 2. The Balaban J connectivity index is 3.15. The van der Waals surface area contributed by atoms with Crippen molar-refractivity contribution in [3.05, 3.63) is 12.7 Å². The summed E-state index contributed by atoms with van der Waals surface area (Å²) in [6.07, 6.45) is 3.68. The Hall–Kier alpha value is -2.36. The van der Waals surface area contributed by atoms with E-state index in [1.54, 1.807) is 6.08 Å². The standard InChI is InChI=1S/C13H21N7/c1-6-7-20(8-14)12-11(15-9(2)3)17-13(19-18-12)16-10(4)5/h6,9-10H,1,7H2,2-5H3,(H2,15,16,17,19). The van der Waals surface area contributed by atoms with E-state index in [2.05, 4.69) is 38.6 Å². The van der Waals surface area contributed by atoms with Gasteiger partial charge in [0.15, 0.2) is 12.0 Å². The molecule has 0 saturated heterocycles. The molecule has 0 aliphatic rings. The first-order chi connectivity index (χ1) is 9.47. The van der Waals surface area contributed by atoms with E-state index in [1.165, 1.54) is 4.90 Å². The predicted octanol–water partition coefficient (Wildman–Crippen LogP) is 1.99. The van der Waals surface area contributed by atoms with Crippen molar-refractivity contribution in [2.75, 3.05) is 22.1 Å². The third kappa shape index (κ3) is 4.39. The van der Waals surface area contributed by atoms with Crippen molar-refractivity contribution in [2.24, 2.45) is 0 Å². The van der Waals surface area contributed by atoms with Crippen molar-refractivity contribution in [3.63, 3.8) is 0 Å². The Bertz CT molecular complexity index is 490. The van der Waals surface area contributed by atoms with Crippen LogP contribution in [0.5, 0.6) is 0 Å². The van der Waals surface area contributed by atoms with Gasteiger partial charge in [-0.15, -0.1) is 16.8 Å². The fraction of sp³-hybridized carbons (Fsp3) is 0.538. The summed E-state index contributed by atoms with van der Waals surface area (Å²) in [7, 11) is 0. The van der Waals surface area contributed by atoms with E-state index in [1.807, 2.05) is 27.7 Å². The second kappa shape index (κ2) is 7.28. The zero-order valence-corrected chi connectivity index (χ0v) is 12.4. The van der Waals surface area contributed by atoms with Gasteiger partial charge in [0.25, 0.3) is 0 Å². The van der Waals surface area contributed by atoms with E-state index in [-0.39, 0.29) is 12.1 Å². The van der Waals surface area contributed by atoms with Crippen molar-refractivity contribution >= 4 is 17.6 Å². The molecule has 0 atom stereocenters. The van der Waals surface area contributed by atoms with Crippen molar-refractivity contribution in [1.29, 1.82) is 5.26 Å². The number of hydrogen-bond acceptors (Lipinski definition) is 7. The van der Waals surface area contributed by atoms with Gasteiger partial charge in [-0.3, -0.25) is 4.90 Å². The van der Waals surface area contributed by atoms with Crippen LogP contribution in [-0.2, 0) is 0 Å². The fourth-order valence-electron chi connectivity index (χ4n) is 1.50. The Kier molecular flexibility index (Phi) is 5.72. The summed E-state index contributed by atoms with van der Waals surface area (Å²) < 4.78 is 0. The van der Waals surface area contributed by atoms with Crippen LogP contribution in [0.25, 0.3) is 0 Å². The summed E-state index contributed by atoms with van der Waals surface area (Å²) in [5, 5.41) is 23.5. The van der Waals surface area contributed by atoms with Crippen LogP contribution in [0.1, 0.15) is 27.7 Å². The zero-order valence-electron chi connectivity index (χ0n) is 12.4. The molecule has 0 fully saturated rings. The Morgan fingerprint density at radius 1 is 1.25 bits per heavy atom. The van der Waals surface area contributed by atoms with Crippen molar-refractivity contribution in [1.82, 2.24) is 15.2 Å². The lowest BCUT2D eigenvalue weighted by Gasteiger charge is -2.18. The van der Waals surface area contributed by atoms with E-state index >= 15 is 0 Å². The van der Waals surface area contributed by atoms with E-state index in [4.69, 9.17) is 0 Å². The van der Waals surface area contributed by atoms with Crippen molar-refractivity contribution in [2.45, 2.75) is 39.8 Å². The van der Waals surface area contributed by atoms with E-state index in [0.717, 1.165) is 0 Å². The lowest BCUT2D eigenvalue weighted by molar-refractivity contribution is 0.830. The molecule has 0 aromatic carbocycles. The highest BCUT2D eigenvalue weighted by atomic mass is 15.3. The normalized spacial score (nSPS) is 10.2. The quantitative estimate of drug-likeness (QED) is 0.447. The van der Waals surface area contributed by atoms with Crippen LogP contribution in [0.2, 0.25) is 0 Å². The molecule has 7 nitrogen and oxygen atoms in total. The highest BCUT2D eigenvalue weighted by Crippen LogP contribution is 2.21. The van der Waals surface area contributed by atoms with E-state index in [0.29, 0.717) is 24.1 Å². The molecular formula is C13H21N7. The lowest BCUT2D eigenvalue weighted by atomic mass is 10.4. The van der Waals surface area contributed by atoms with Crippen LogP contribution in [0.4, 0.5) is 17.6 Å². The molecule has 7 heteroatoms. The van der Waals surface area contributed by atoms with Crippen LogP contribution in [0.15, 0.2) is 12.7 Å². The summed E-state index contributed by atoms with van der Waals surface area (Å²) in [6, 6.07) is 0.372. The van der Waals surface area contributed by atoms with Crippen LogP contribution in [-0.4, -0.2) is 33.8 Å². The average molecular weight is 275 g/mol. The van der Waals surface area contributed by atoms with Crippen LogP contribution in [0.3, 0.4) is 0 Å². The average Bonchev–Trinajstić information content (AvgIpc) is 2.35. The number of nitriles is 1. The third-order valence-corrected chi connectivity index (χ3v) is 2.20. The maximum Gasteiger partial charge on any atom is 0.245 e. The molecule has 1 aromatic heterocycles. The van der Waals surface area contributed by atoms with E-state index < -0.39 is 0 Å². The summed E-state index contributed by atoms with van der Waals surface area (Å²) in [5.74, 6) is 1.36. The number of rotatable bonds is 7. The molecule has 0 radical (unpaired) electrons. The number of nitrogens with zero attached hydrogens (tertiary/aromatic N) is 5. The summed E-state index contributed by atoms with van der Waals surface area (Å²) in [4.78, 5) is 5.77. The predicted molar refractivity (Wildman–Crippen MR) is 80.5 cm³/mol. The van der Waals surface area contributed by atoms with Gasteiger partial charge < -0.3 is 10.6 Å². The molecule has 0 spiro atoms. The van der Waals surface area contributed by atoms with E-state index in [9.17, 15) is 5.26 Å². The first-order valence-corrected chi connectivity index (χ1v) is 6.53. The minimum absolute atomic E-state index is 0.168. The van der Waals surface area contributed by atoms with Crippen molar-refractivity contribution < 1.29 is 0 Å². The molecule has 20 heavy (non-hydrogen) atoms. The minimum atomic E-state index is 0.168. The molecule has 108 valence electrons. The molecule has 0 amide bonds. The Morgan fingerprint density at radius 3 is 2.40 bits per heavy atom. The Morgan fingerprint density at radius 2 is 1.90 bits per heavy atom. The number of hydrogen-bond donors (Lipinski definition) is 2. The van der Waals surface area contributed by atoms with Gasteiger partial charge in [0, 0.05) is 12.1 Å². The molecule has 2 N–H and O–H groups in total.